The smallest absolute Gasteiger partial charge is 0.235 e. The van der Waals surface area contributed by atoms with Crippen LogP contribution in [0.15, 0.2) is 12.2 Å². The zero-order valence-electron chi connectivity index (χ0n) is 7.32. The number of aromatic hydroxyl groups is 2. The largest absolute Gasteiger partial charge is 0.494 e. The van der Waals surface area contributed by atoms with Crippen molar-refractivity contribution in [3.63, 3.8) is 0 Å². The molecular formula is C9H10N2O3. The third kappa shape index (κ3) is 0.820. The second-order valence-corrected chi connectivity index (χ2v) is 3.46. The Bertz CT molecular complexity index is 410. The summed E-state index contributed by atoms with van der Waals surface area (Å²) in [5.74, 6) is 0.228. The molecule has 0 saturated heterocycles. The van der Waals surface area contributed by atoms with Gasteiger partial charge in [0.25, 0.3) is 0 Å². The Labute approximate surface area is 80.0 Å². The van der Waals surface area contributed by atoms with Crippen molar-refractivity contribution in [1.82, 2.24) is 10.3 Å². The molecule has 2 atom stereocenters. The molecule has 1 aromatic heterocycles. The summed E-state index contributed by atoms with van der Waals surface area (Å²) in [6.45, 7) is 0.745. The van der Waals surface area contributed by atoms with Crippen LogP contribution >= 0.6 is 0 Å². The maximum Gasteiger partial charge on any atom is 0.235 e. The van der Waals surface area contributed by atoms with Gasteiger partial charge in [-0.05, 0) is 6.08 Å². The zero-order valence-corrected chi connectivity index (χ0v) is 7.32. The summed E-state index contributed by atoms with van der Waals surface area (Å²) in [5.41, 5.74) is 0.622. The molecule has 0 saturated carbocycles. The van der Waals surface area contributed by atoms with Crippen molar-refractivity contribution < 1.29 is 14.9 Å². The Morgan fingerprint density at radius 3 is 3.07 bits per heavy atom. The van der Waals surface area contributed by atoms with Crippen LogP contribution in [-0.4, -0.2) is 27.8 Å². The molecule has 0 aromatic carbocycles. The normalized spacial score (nSPS) is 28.3. The van der Waals surface area contributed by atoms with Gasteiger partial charge in [-0.1, -0.05) is 6.08 Å². The fourth-order valence-electron chi connectivity index (χ4n) is 2.01. The molecule has 2 aliphatic rings. The number of hydrogen-bond donors (Lipinski definition) is 4. The van der Waals surface area contributed by atoms with Crippen LogP contribution in [0.25, 0.3) is 0 Å². The minimum Gasteiger partial charge on any atom is -0.494 e. The molecule has 0 aliphatic carbocycles. The number of aromatic nitrogens is 1. The van der Waals surface area contributed by atoms with E-state index in [0.717, 1.165) is 6.54 Å². The van der Waals surface area contributed by atoms with Gasteiger partial charge in [0, 0.05) is 6.54 Å². The molecule has 5 heteroatoms. The van der Waals surface area contributed by atoms with E-state index in [1.165, 1.54) is 0 Å². The summed E-state index contributed by atoms with van der Waals surface area (Å²) in [4.78, 5) is 2.43. The van der Waals surface area contributed by atoms with E-state index >= 15 is 0 Å². The topological polar surface area (TPSA) is 77.5 Å². The van der Waals surface area contributed by atoms with Crippen molar-refractivity contribution >= 4 is 0 Å². The molecule has 5 nitrogen and oxygen atoms in total. The van der Waals surface area contributed by atoms with Gasteiger partial charge in [0.05, 0.1) is 11.6 Å². The van der Waals surface area contributed by atoms with Gasteiger partial charge in [-0.3, -0.25) is 4.98 Å². The Hall–Kier alpha value is -1.62. The number of nitrogens with one attached hydrogen (secondary N) is 2. The molecule has 3 heterocycles. The van der Waals surface area contributed by atoms with Crippen molar-refractivity contribution in [1.29, 1.82) is 0 Å². The first-order valence-corrected chi connectivity index (χ1v) is 4.48. The molecule has 3 rings (SSSR count). The Morgan fingerprint density at radius 2 is 2.21 bits per heavy atom. The predicted molar refractivity (Wildman–Crippen MR) is 48.4 cm³/mol. The molecule has 14 heavy (non-hydrogen) atoms. The van der Waals surface area contributed by atoms with Gasteiger partial charge in [0.2, 0.25) is 5.88 Å². The van der Waals surface area contributed by atoms with Crippen LogP contribution in [0.4, 0.5) is 0 Å². The van der Waals surface area contributed by atoms with Gasteiger partial charge in [-0.15, -0.1) is 0 Å². The summed E-state index contributed by atoms with van der Waals surface area (Å²) in [5, 5.41) is 22.1. The lowest BCUT2D eigenvalue weighted by atomic mass is 10.0. The lowest BCUT2D eigenvalue weighted by Gasteiger charge is -2.20. The van der Waals surface area contributed by atoms with E-state index in [9.17, 15) is 10.2 Å². The molecule has 0 spiro atoms. The number of aromatic amines is 1. The predicted octanol–water partition coefficient (Wildman–Crippen LogP) is 0.387. The number of fused-ring (bicyclic) bond motifs is 3. The van der Waals surface area contributed by atoms with Crippen molar-refractivity contribution in [2.75, 3.05) is 6.54 Å². The highest BCUT2D eigenvalue weighted by molar-refractivity contribution is 5.55. The minimum atomic E-state index is -0.125. The first kappa shape index (κ1) is 7.75. The van der Waals surface area contributed by atoms with Crippen LogP contribution in [0.5, 0.6) is 17.5 Å². The molecule has 74 valence electrons. The molecule has 0 bridgehead atoms. The Morgan fingerprint density at radius 1 is 1.36 bits per heavy atom. The molecule has 2 aliphatic heterocycles. The van der Waals surface area contributed by atoms with Crippen LogP contribution < -0.4 is 10.1 Å². The van der Waals surface area contributed by atoms with E-state index < -0.39 is 0 Å². The third-order valence-electron chi connectivity index (χ3n) is 2.63. The highest BCUT2D eigenvalue weighted by Gasteiger charge is 2.39. The van der Waals surface area contributed by atoms with E-state index in [2.05, 4.69) is 10.3 Å². The highest BCUT2D eigenvalue weighted by Crippen LogP contribution is 2.48. The quantitative estimate of drug-likeness (QED) is 0.450. The number of H-pyrrole nitrogens is 1. The Balaban J connectivity index is 2.12. The van der Waals surface area contributed by atoms with Gasteiger partial charge in [-0.25, -0.2) is 0 Å². The van der Waals surface area contributed by atoms with E-state index in [4.69, 9.17) is 4.74 Å². The summed E-state index contributed by atoms with van der Waals surface area (Å²) >= 11 is 0. The highest BCUT2D eigenvalue weighted by atomic mass is 16.5. The van der Waals surface area contributed by atoms with E-state index in [0.29, 0.717) is 11.3 Å². The standard InChI is InChI=1S/C9H10N2O3/c12-8-5-6-4(2-1-3-10-6)14-7(5)9(13)11-8/h1-2,4,6,10-13H,3H2. The van der Waals surface area contributed by atoms with Crippen molar-refractivity contribution in [2.24, 2.45) is 0 Å². The summed E-state index contributed by atoms with van der Waals surface area (Å²) in [6, 6.07) is -0.0628. The van der Waals surface area contributed by atoms with Crippen molar-refractivity contribution in [3.05, 3.63) is 17.7 Å². The van der Waals surface area contributed by atoms with Gasteiger partial charge in [-0.2, -0.15) is 0 Å². The number of hydrogen-bond acceptors (Lipinski definition) is 4. The average Bonchev–Trinajstić information content (AvgIpc) is 2.66. The van der Waals surface area contributed by atoms with Crippen LogP contribution in [-0.2, 0) is 0 Å². The minimum absolute atomic E-state index is 0.0206. The Kier molecular flexibility index (Phi) is 1.36. The zero-order chi connectivity index (χ0) is 9.71. The van der Waals surface area contributed by atoms with Gasteiger partial charge in [0.15, 0.2) is 11.6 Å². The fraction of sp³-hybridized carbons (Fsp3) is 0.333. The third-order valence-corrected chi connectivity index (χ3v) is 2.63. The van der Waals surface area contributed by atoms with Gasteiger partial charge in [0.1, 0.15) is 6.10 Å². The van der Waals surface area contributed by atoms with Gasteiger partial charge >= 0.3 is 0 Å². The first-order valence-electron chi connectivity index (χ1n) is 4.48. The molecule has 1 aromatic rings. The maximum absolute atomic E-state index is 9.53. The van der Waals surface area contributed by atoms with E-state index in [1.807, 2.05) is 12.2 Å². The van der Waals surface area contributed by atoms with Crippen molar-refractivity contribution in [3.8, 4) is 17.5 Å². The second-order valence-electron chi connectivity index (χ2n) is 3.46. The van der Waals surface area contributed by atoms with E-state index in [1.54, 1.807) is 0 Å². The summed E-state index contributed by atoms with van der Waals surface area (Å²) < 4.78 is 5.47. The molecule has 4 N–H and O–H groups in total. The van der Waals surface area contributed by atoms with E-state index in [-0.39, 0.29) is 23.9 Å². The lowest BCUT2D eigenvalue weighted by Crippen LogP contribution is -2.33. The second kappa shape index (κ2) is 2.45. The van der Waals surface area contributed by atoms with Crippen molar-refractivity contribution in [2.45, 2.75) is 12.1 Å². The molecule has 0 fully saturated rings. The number of ether oxygens (including phenoxy) is 1. The average molecular weight is 194 g/mol. The van der Waals surface area contributed by atoms with Gasteiger partial charge < -0.3 is 20.3 Å². The number of rotatable bonds is 0. The lowest BCUT2D eigenvalue weighted by molar-refractivity contribution is 0.222. The first-order chi connectivity index (χ1) is 6.77. The molecular weight excluding hydrogens is 184 g/mol. The fourth-order valence-corrected chi connectivity index (χ4v) is 2.01. The summed E-state index contributed by atoms with van der Waals surface area (Å²) in [6.07, 6.45) is 3.77. The molecule has 2 unspecified atom stereocenters. The summed E-state index contributed by atoms with van der Waals surface area (Å²) in [7, 11) is 0. The maximum atomic E-state index is 9.53. The van der Waals surface area contributed by atoms with Crippen LogP contribution in [0, 0.1) is 0 Å². The monoisotopic (exact) mass is 194 g/mol. The van der Waals surface area contributed by atoms with Crippen LogP contribution in [0.3, 0.4) is 0 Å². The van der Waals surface area contributed by atoms with Crippen LogP contribution in [0.1, 0.15) is 11.6 Å². The van der Waals surface area contributed by atoms with Crippen LogP contribution in [0.2, 0.25) is 0 Å². The molecule has 0 amide bonds. The SMILES string of the molecule is Oc1[nH]c(O)c2c1OC1C=CCNC21. The molecule has 0 radical (unpaired) electrons.